The summed E-state index contributed by atoms with van der Waals surface area (Å²) in [6.07, 6.45) is 7.74. The molecule has 0 spiro atoms. The van der Waals surface area contributed by atoms with Crippen molar-refractivity contribution in [3.8, 4) is 0 Å². The maximum absolute atomic E-state index is 11.4. The van der Waals surface area contributed by atoms with Gasteiger partial charge in [0.05, 0.1) is 6.10 Å². The van der Waals surface area contributed by atoms with Crippen LogP contribution in [0.3, 0.4) is 0 Å². The van der Waals surface area contributed by atoms with E-state index in [1.807, 2.05) is 0 Å². The summed E-state index contributed by atoms with van der Waals surface area (Å²) in [4.78, 5) is 19.7. The van der Waals surface area contributed by atoms with E-state index >= 15 is 0 Å². The molecule has 19 heavy (non-hydrogen) atoms. The van der Waals surface area contributed by atoms with Crippen LogP contribution in [0.5, 0.6) is 0 Å². The van der Waals surface area contributed by atoms with Crippen molar-refractivity contribution in [2.45, 2.75) is 71.3 Å². The largest absolute Gasteiger partial charge is 0.481 e. The van der Waals surface area contributed by atoms with Gasteiger partial charge in [0.1, 0.15) is 6.16 Å². The van der Waals surface area contributed by atoms with Crippen molar-refractivity contribution in [2.75, 3.05) is 6.16 Å². The van der Waals surface area contributed by atoms with Crippen LogP contribution in [0.25, 0.3) is 0 Å². The summed E-state index contributed by atoms with van der Waals surface area (Å²) in [5.41, 5.74) is 0. The monoisotopic (exact) mass is 294 g/mol. The number of unbranched alkanes of at least 4 members (excludes halogenated alkanes) is 6. The van der Waals surface area contributed by atoms with Crippen molar-refractivity contribution >= 4 is 13.6 Å². The molecule has 0 aliphatic heterocycles. The molecule has 0 aromatic heterocycles. The highest BCUT2D eigenvalue weighted by atomic mass is 31.2. The molecule has 0 heterocycles. The van der Waals surface area contributed by atoms with E-state index in [1.165, 1.54) is 32.1 Å². The maximum Gasteiger partial charge on any atom is 0.339 e. The van der Waals surface area contributed by atoms with E-state index in [-0.39, 0.29) is 6.10 Å². The van der Waals surface area contributed by atoms with Gasteiger partial charge in [0, 0.05) is 0 Å². The first kappa shape index (κ1) is 18.6. The van der Waals surface area contributed by atoms with Crippen LogP contribution in [0.1, 0.15) is 65.2 Å². The summed E-state index contributed by atoms with van der Waals surface area (Å²) >= 11 is 0. The van der Waals surface area contributed by atoms with Crippen LogP contribution >= 0.6 is 7.60 Å². The van der Waals surface area contributed by atoms with E-state index in [2.05, 4.69) is 6.92 Å². The minimum atomic E-state index is -3.97. The second-order valence-corrected chi connectivity index (χ2v) is 6.82. The van der Waals surface area contributed by atoms with Crippen molar-refractivity contribution in [3.05, 3.63) is 0 Å². The smallest absolute Gasteiger partial charge is 0.339 e. The van der Waals surface area contributed by atoms with Gasteiger partial charge in [-0.2, -0.15) is 0 Å². The van der Waals surface area contributed by atoms with Crippen LogP contribution in [0.2, 0.25) is 0 Å². The Morgan fingerprint density at radius 1 is 1.16 bits per heavy atom. The van der Waals surface area contributed by atoms with Crippen molar-refractivity contribution in [3.63, 3.8) is 0 Å². The van der Waals surface area contributed by atoms with Gasteiger partial charge in [-0.3, -0.25) is 9.36 Å². The van der Waals surface area contributed by atoms with E-state index in [9.17, 15) is 14.3 Å². The summed E-state index contributed by atoms with van der Waals surface area (Å²) < 4.78 is 16.3. The number of hydrogen-bond donors (Lipinski definition) is 2. The second kappa shape index (κ2) is 10.4. The van der Waals surface area contributed by atoms with E-state index in [0.29, 0.717) is 6.42 Å². The summed E-state index contributed by atoms with van der Waals surface area (Å²) in [5.74, 6) is -1.31. The zero-order chi connectivity index (χ0) is 14.7. The summed E-state index contributed by atoms with van der Waals surface area (Å²) in [6, 6.07) is 0. The van der Waals surface area contributed by atoms with Crippen molar-refractivity contribution in [1.29, 1.82) is 0 Å². The molecule has 5 nitrogen and oxygen atoms in total. The highest BCUT2D eigenvalue weighted by molar-refractivity contribution is 7.53. The molecule has 2 atom stereocenters. The summed E-state index contributed by atoms with van der Waals surface area (Å²) in [5, 5.41) is 8.47. The van der Waals surface area contributed by atoms with Gasteiger partial charge >= 0.3 is 13.6 Å². The highest BCUT2D eigenvalue weighted by Crippen LogP contribution is 2.43. The fourth-order valence-corrected chi connectivity index (χ4v) is 3.02. The first-order valence-corrected chi connectivity index (χ1v) is 8.85. The van der Waals surface area contributed by atoms with E-state index in [0.717, 1.165) is 12.8 Å². The molecule has 0 aromatic carbocycles. The zero-order valence-electron chi connectivity index (χ0n) is 12.0. The van der Waals surface area contributed by atoms with Gasteiger partial charge in [-0.05, 0) is 13.3 Å². The van der Waals surface area contributed by atoms with Crippen LogP contribution in [0.15, 0.2) is 0 Å². The summed E-state index contributed by atoms with van der Waals surface area (Å²) in [6.45, 7) is 3.89. The standard InChI is InChI=1S/C13H27O5P/c1-3-4-5-6-7-8-9-10-12(2)18-19(16,17)11-13(14)15/h12H,3-11H2,1-2H3,(H,14,15)(H,16,17). The number of aliphatic carboxylic acids is 1. The molecule has 0 rings (SSSR count). The third-order valence-electron chi connectivity index (χ3n) is 2.89. The topological polar surface area (TPSA) is 83.8 Å². The molecule has 2 unspecified atom stereocenters. The molecule has 0 aromatic rings. The zero-order valence-corrected chi connectivity index (χ0v) is 12.9. The Bertz CT molecular complexity index is 293. The maximum atomic E-state index is 11.4. The number of rotatable bonds is 12. The van der Waals surface area contributed by atoms with Crippen LogP contribution in [0, 0.1) is 0 Å². The van der Waals surface area contributed by atoms with Crippen LogP contribution in [-0.4, -0.2) is 28.2 Å². The Kier molecular flexibility index (Phi) is 10.2. The molecular weight excluding hydrogens is 267 g/mol. The lowest BCUT2D eigenvalue weighted by molar-refractivity contribution is -0.134. The van der Waals surface area contributed by atoms with Gasteiger partial charge in [-0.1, -0.05) is 51.9 Å². The Balaban J connectivity index is 3.61. The van der Waals surface area contributed by atoms with E-state index in [1.54, 1.807) is 6.92 Å². The Morgan fingerprint density at radius 2 is 1.68 bits per heavy atom. The van der Waals surface area contributed by atoms with Crippen molar-refractivity contribution in [1.82, 2.24) is 0 Å². The highest BCUT2D eigenvalue weighted by Gasteiger charge is 2.26. The van der Waals surface area contributed by atoms with Crippen molar-refractivity contribution < 1.29 is 23.9 Å². The predicted octanol–water partition coefficient (Wildman–Crippen LogP) is 3.80. The molecule has 0 saturated carbocycles. The molecule has 114 valence electrons. The molecule has 0 aliphatic rings. The molecule has 0 saturated heterocycles. The molecule has 0 radical (unpaired) electrons. The van der Waals surface area contributed by atoms with Gasteiger partial charge in [0.15, 0.2) is 0 Å². The number of carboxylic acids is 1. The third kappa shape index (κ3) is 12.4. The lowest BCUT2D eigenvalue weighted by atomic mass is 10.1. The van der Waals surface area contributed by atoms with Gasteiger partial charge in [0.2, 0.25) is 0 Å². The van der Waals surface area contributed by atoms with Gasteiger partial charge in [-0.25, -0.2) is 0 Å². The molecule has 0 amide bonds. The lowest BCUT2D eigenvalue weighted by Gasteiger charge is -2.16. The van der Waals surface area contributed by atoms with Gasteiger partial charge in [0.25, 0.3) is 0 Å². The fraction of sp³-hybridized carbons (Fsp3) is 0.923. The Hall–Kier alpha value is -0.380. The number of carbonyl (C=O) groups is 1. The predicted molar refractivity (Wildman–Crippen MR) is 75.5 cm³/mol. The minimum Gasteiger partial charge on any atom is -0.481 e. The second-order valence-electron chi connectivity index (χ2n) is 5.02. The molecule has 6 heteroatoms. The van der Waals surface area contributed by atoms with Gasteiger partial charge < -0.3 is 14.5 Å². The normalized spacial score (nSPS) is 15.9. The van der Waals surface area contributed by atoms with Crippen LogP contribution in [-0.2, 0) is 13.9 Å². The van der Waals surface area contributed by atoms with E-state index < -0.39 is 19.7 Å². The minimum absolute atomic E-state index is 0.370. The fourth-order valence-electron chi connectivity index (χ4n) is 1.93. The SMILES string of the molecule is CCCCCCCCCC(C)OP(=O)(O)CC(=O)O. The molecule has 0 fully saturated rings. The Morgan fingerprint density at radius 3 is 2.21 bits per heavy atom. The first-order valence-electron chi connectivity index (χ1n) is 7.09. The van der Waals surface area contributed by atoms with Crippen LogP contribution < -0.4 is 0 Å². The van der Waals surface area contributed by atoms with Gasteiger partial charge in [-0.15, -0.1) is 0 Å². The average molecular weight is 294 g/mol. The molecule has 0 bridgehead atoms. The number of hydrogen-bond acceptors (Lipinski definition) is 3. The summed E-state index contributed by atoms with van der Waals surface area (Å²) in [7, 11) is -3.97. The van der Waals surface area contributed by atoms with Crippen molar-refractivity contribution in [2.24, 2.45) is 0 Å². The molecule has 0 aliphatic carbocycles. The molecular formula is C13H27O5P. The third-order valence-corrected chi connectivity index (χ3v) is 4.25. The molecule has 2 N–H and O–H groups in total. The lowest BCUT2D eigenvalue weighted by Crippen LogP contribution is -2.11. The quantitative estimate of drug-likeness (QED) is 0.422. The van der Waals surface area contributed by atoms with E-state index in [4.69, 9.17) is 9.63 Å². The average Bonchev–Trinajstić information content (AvgIpc) is 2.25. The number of carboxylic acid groups (broad SMARTS) is 1. The first-order chi connectivity index (χ1) is 8.87. The van der Waals surface area contributed by atoms with Crippen LogP contribution in [0.4, 0.5) is 0 Å². The Labute approximate surface area is 115 Å².